The van der Waals surface area contributed by atoms with Gasteiger partial charge in [-0.2, -0.15) is 0 Å². The molecule has 252 valence electrons. The number of carbonyl (C=O) groups is 2. The van der Waals surface area contributed by atoms with Crippen LogP contribution in [0.4, 0.5) is 0 Å². The third-order valence-electron chi connectivity index (χ3n) is 8.99. The summed E-state index contributed by atoms with van der Waals surface area (Å²) >= 11 is 1.58. The van der Waals surface area contributed by atoms with Gasteiger partial charge in [0.1, 0.15) is 12.1 Å². The number of hydrogen-bond acceptors (Lipinski definition) is 9. The fourth-order valence-corrected chi connectivity index (χ4v) is 7.70. The smallest absolute Gasteiger partial charge is 0.288 e. The Hall–Kier alpha value is -3.00. The first-order valence-corrected chi connectivity index (χ1v) is 19.3. The maximum Gasteiger partial charge on any atom is 0.288 e. The average Bonchev–Trinajstić information content (AvgIpc) is 3.72. The number of unbranched alkanes of at least 4 members (excludes halogenated alkanes) is 1. The normalized spacial score (nSPS) is 23.1. The molecule has 0 radical (unpaired) electrons. The molecule has 2 aromatic rings. The van der Waals surface area contributed by atoms with Crippen molar-refractivity contribution >= 4 is 39.2 Å². The van der Waals surface area contributed by atoms with Crippen LogP contribution in [-0.4, -0.2) is 92.7 Å². The number of nitrogens with one attached hydrogen (secondary N) is 3. The fourth-order valence-electron chi connectivity index (χ4n) is 6.54. The van der Waals surface area contributed by atoms with Gasteiger partial charge in [-0.1, -0.05) is 62.1 Å². The summed E-state index contributed by atoms with van der Waals surface area (Å²) in [7, 11) is -3.26. The Bertz CT molecular complexity index is 1420. The number of rotatable bonds is 13. The first-order valence-electron chi connectivity index (χ1n) is 16.5. The van der Waals surface area contributed by atoms with Crippen LogP contribution in [0.3, 0.4) is 0 Å². The Morgan fingerprint density at radius 1 is 1.07 bits per heavy atom. The number of ether oxygens (including phenoxy) is 1. The first-order chi connectivity index (χ1) is 22.2. The van der Waals surface area contributed by atoms with E-state index >= 15 is 0 Å². The Balaban J connectivity index is 1.30. The van der Waals surface area contributed by atoms with Crippen LogP contribution in [0.15, 0.2) is 52.8 Å². The van der Waals surface area contributed by atoms with Crippen LogP contribution in [0.25, 0.3) is 0 Å². The number of sulfonamides is 1. The molecule has 0 bridgehead atoms. The van der Waals surface area contributed by atoms with Crippen molar-refractivity contribution in [2.24, 2.45) is 4.99 Å². The van der Waals surface area contributed by atoms with Gasteiger partial charge < -0.3 is 25.2 Å². The standard InChI is InChI=1S/C33H48N6O5S2/c1-24-30(25-12-5-3-6-13-25)44-33(36-24)38-19-20-39(29(23-38)31(40)34-22-27-16-11-21-45-27)32(41)28(37-26-14-7-4-8-15-26)17-9-10-18-35-46(2,42)43/h3,5-6,11-13,16,21,24,26,28-30,35,37H,4,7-10,14-15,17-20,22-23H2,1-2H3,(H,34,40)/t24-,28+,29-,30+/m0/s1. The number of amides is 2. The van der Waals surface area contributed by atoms with E-state index in [2.05, 4.69) is 15.4 Å². The molecular formula is C33H48N6O5S2. The lowest BCUT2D eigenvalue weighted by molar-refractivity contribution is -0.145. The molecule has 11 nitrogen and oxygen atoms in total. The van der Waals surface area contributed by atoms with Crippen LogP contribution in [0, 0.1) is 0 Å². The molecule has 46 heavy (non-hydrogen) atoms. The highest BCUT2D eigenvalue weighted by molar-refractivity contribution is 7.88. The molecule has 13 heteroatoms. The fraction of sp³-hybridized carbons (Fsp3) is 0.606. The number of benzene rings is 1. The van der Waals surface area contributed by atoms with Crippen molar-refractivity contribution in [2.45, 2.75) is 95.1 Å². The van der Waals surface area contributed by atoms with Crippen LogP contribution in [0.5, 0.6) is 0 Å². The Morgan fingerprint density at radius 2 is 1.85 bits per heavy atom. The van der Waals surface area contributed by atoms with Gasteiger partial charge in [-0.25, -0.2) is 18.1 Å². The molecule has 2 amide bonds. The monoisotopic (exact) mass is 672 g/mol. The predicted octanol–water partition coefficient (Wildman–Crippen LogP) is 3.40. The highest BCUT2D eigenvalue weighted by atomic mass is 32.2. The molecule has 3 N–H and O–H groups in total. The zero-order valence-corrected chi connectivity index (χ0v) is 28.5. The van der Waals surface area contributed by atoms with Gasteiger partial charge in [0.15, 0.2) is 0 Å². The van der Waals surface area contributed by atoms with Crippen molar-refractivity contribution in [3.8, 4) is 0 Å². The lowest BCUT2D eigenvalue weighted by Crippen LogP contribution is -2.64. The molecule has 1 aromatic carbocycles. The van der Waals surface area contributed by atoms with Crippen molar-refractivity contribution < 1.29 is 22.7 Å². The van der Waals surface area contributed by atoms with Crippen LogP contribution >= 0.6 is 11.3 Å². The van der Waals surface area contributed by atoms with Crippen LogP contribution in [0.1, 0.15) is 74.8 Å². The number of thiophene rings is 1. The molecular weight excluding hydrogens is 625 g/mol. The molecule has 1 saturated carbocycles. The van der Waals surface area contributed by atoms with Gasteiger partial charge >= 0.3 is 0 Å². The second-order valence-corrected chi connectivity index (χ2v) is 15.5. The summed E-state index contributed by atoms with van der Waals surface area (Å²) < 4.78 is 32.0. The van der Waals surface area contributed by atoms with Crippen LogP contribution in [0.2, 0.25) is 0 Å². The average molecular weight is 673 g/mol. The van der Waals surface area contributed by atoms with Gasteiger partial charge in [-0.05, 0) is 49.6 Å². The quantitative estimate of drug-likeness (QED) is 0.278. The van der Waals surface area contributed by atoms with Crippen LogP contribution in [-0.2, 0) is 30.9 Å². The van der Waals surface area contributed by atoms with Gasteiger partial charge in [-0.15, -0.1) is 11.3 Å². The third kappa shape index (κ3) is 9.52. The van der Waals surface area contributed by atoms with Crippen molar-refractivity contribution in [1.82, 2.24) is 25.2 Å². The molecule has 0 unspecified atom stereocenters. The van der Waals surface area contributed by atoms with Gasteiger partial charge in [-0.3, -0.25) is 9.59 Å². The summed E-state index contributed by atoms with van der Waals surface area (Å²) in [6, 6.07) is 13.5. The van der Waals surface area contributed by atoms with E-state index in [9.17, 15) is 18.0 Å². The first kappa shape index (κ1) is 34.3. The van der Waals surface area contributed by atoms with E-state index in [0.717, 1.165) is 42.4 Å². The van der Waals surface area contributed by atoms with Crippen molar-refractivity contribution in [1.29, 1.82) is 0 Å². The molecule has 1 saturated heterocycles. The largest absolute Gasteiger partial charge is 0.455 e. The zero-order chi connectivity index (χ0) is 32.5. The van der Waals surface area contributed by atoms with Gasteiger partial charge in [0, 0.05) is 30.6 Å². The number of aliphatic imine (C=N–C) groups is 1. The summed E-state index contributed by atoms with van der Waals surface area (Å²) in [6.07, 6.45) is 8.33. The van der Waals surface area contributed by atoms with Gasteiger partial charge in [0.25, 0.3) is 6.02 Å². The number of piperazine rings is 1. The number of hydrogen-bond donors (Lipinski definition) is 3. The SMILES string of the molecule is C[C@@H]1N=C(N2CCN(C(=O)[C@@H](CCCCNS(C)(=O)=O)NC3CCCCC3)[C@H](C(=O)NCc3cccs3)C2)O[C@H]1c1ccccc1. The van der Waals surface area contributed by atoms with E-state index < -0.39 is 22.1 Å². The zero-order valence-electron chi connectivity index (χ0n) is 26.9. The minimum absolute atomic E-state index is 0.0792. The number of carbonyl (C=O) groups excluding carboxylic acids is 2. The second kappa shape index (κ2) is 16.2. The van der Waals surface area contributed by atoms with Gasteiger partial charge in [0.05, 0.1) is 31.4 Å². The number of amidine groups is 1. The summed E-state index contributed by atoms with van der Waals surface area (Å²) in [4.78, 5) is 37.8. The van der Waals surface area contributed by atoms with Crippen molar-refractivity contribution in [2.75, 3.05) is 32.4 Å². The maximum absolute atomic E-state index is 14.4. The molecule has 1 aromatic heterocycles. The van der Waals surface area contributed by atoms with E-state index in [1.54, 1.807) is 16.2 Å². The van der Waals surface area contributed by atoms with E-state index in [4.69, 9.17) is 9.73 Å². The molecule has 5 rings (SSSR count). The highest BCUT2D eigenvalue weighted by Gasteiger charge is 2.41. The van der Waals surface area contributed by atoms with Gasteiger partial charge in [0.2, 0.25) is 21.8 Å². The second-order valence-electron chi connectivity index (χ2n) is 12.6. The summed E-state index contributed by atoms with van der Waals surface area (Å²) in [6.45, 7) is 3.91. The highest BCUT2D eigenvalue weighted by Crippen LogP contribution is 2.31. The summed E-state index contributed by atoms with van der Waals surface area (Å²) in [5, 5.41) is 8.70. The topological polar surface area (TPSA) is 132 Å². The molecule has 3 heterocycles. The molecule has 2 aliphatic heterocycles. The Labute approximate surface area is 277 Å². The molecule has 2 fully saturated rings. The lowest BCUT2D eigenvalue weighted by atomic mass is 9.94. The molecule has 1 aliphatic carbocycles. The Morgan fingerprint density at radius 3 is 2.57 bits per heavy atom. The van der Waals surface area contributed by atoms with E-state index in [0.29, 0.717) is 51.5 Å². The van der Waals surface area contributed by atoms with E-state index in [1.165, 1.54) is 6.42 Å². The third-order valence-corrected chi connectivity index (χ3v) is 10.6. The van der Waals surface area contributed by atoms with E-state index in [1.807, 2.05) is 59.7 Å². The molecule has 4 atom stereocenters. The summed E-state index contributed by atoms with van der Waals surface area (Å²) in [5.41, 5.74) is 1.05. The Kier molecular flexibility index (Phi) is 12.1. The van der Waals surface area contributed by atoms with Crippen molar-refractivity contribution in [3.63, 3.8) is 0 Å². The minimum atomic E-state index is -3.26. The molecule has 0 spiro atoms. The maximum atomic E-state index is 14.4. The minimum Gasteiger partial charge on any atom is -0.455 e. The predicted molar refractivity (Wildman–Crippen MR) is 181 cm³/mol. The van der Waals surface area contributed by atoms with Crippen LogP contribution < -0.4 is 15.4 Å². The van der Waals surface area contributed by atoms with Crippen molar-refractivity contribution in [3.05, 3.63) is 58.3 Å². The number of nitrogens with zero attached hydrogens (tertiary/aromatic N) is 3. The molecule has 3 aliphatic rings. The summed E-state index contributed by atoms with van der Waals surface area (Å²) in [5.74, 6) is -0.283. The lowest BCUT2D eigenvalue weighted by Gasteiger charge is -2.42. The van der Waals surface area contributed by atoms with E-state index in [-0.39, 0.29) is 36.5 Å².